The van der Waals surface area contributed by atoms with E-state index >= 15 is 0 Å². The summed E-state index contributed by atoms with van der Waals surface area (Å²) in [6.45, 7) is 2.24. The highest BCUT2D eigenvalue weighted by atomic mass is 28.1. The molecule has 1 unspecified atom stereocenters. The van der Waals surface area contributed by atoms with Crippen LogP contribution in [0.3, 0.4) is 0 Å². The van der Waals surface area contributed by atoms with Gasteiger partial charge in [-0.1, -0.05) is 67.6 Å². The third-order valence-corrected chi connectivity index (χ3v) is 3.10. The normalized spacial score (nSPS) is 12.8. The highest BCUT2D eigenvalue weighted by molar-refractivity contribution is 6.11. The molecule has 0 radical (unpaired) electrons. The molecule has 1 N–H and O–H groups in total. The average Bonchev–Trinajstić information content (AvgIpc) is 2.38. The van der Waals surface area contributed by atoms with E-state index in [0.29, 0.717) is 11.7 Å². The van der Waals surface area contributed by atoms with E-state index < -0.39 is 0 Å². The van der Waals surface area contributed by atoms with Crippen molar-refractivity contribution in [3.05, 3.63) is 71.8 Å². The minimum atomic E-state index is 0.310. The molecule has 2 aromatic carbocycles. The van der Waals surface area contributed by atoms with E-state index in [1.54, 1.807) is 0 Å². The van der Waals surface area contributed by atoms with Gasteiger partial charge < -0.3 is 5.32 Å². The molecule has 0 saturated heterocycles. The van der Waals surface area contributed by atoms with Gasteiger partial charge in [0.1, 0.15) is 0 Å². The molecule has 0 aliphatic heterocycles. The minimum Gasteiger partial charge on any atom is -0.307 e. The molecule has 0 aromatic heterocycles. The van der Waals surface area contributed by atoms with Crippen LogP contribution in [0.5, 0.6) is 0 Å². The van der Waals surface area contributed by atoms with Crippen LogP contribution in [0.1, 0.15) is 24.1 Å². The fraction of sp³-hybridized carbons (Fsp3) is 0.200. The van der Waals surface area contributed by atoms with Crippen molar-refractivity contribution in [3.8, 4) is 0 Å². The molecule has 2 rings (SSSR count). The van der Waals surface area contributed by atoms with Gasteiger partial charge in [-0.15, -0.1) is 0 Å². The Bertz CT molecular complexity index is 399. The lowest BCUT2D eigenvalue weighted by atomic mass is 9.99. The lowest BCUT2D eigenvalue weighted by Gasteiger charge is -2.22. The monoisotopic (exact) mass is 241 g/mol. The Morgan fingerprint density at radius 3 is 1.59 bits per heavy atom. The number of hydrogen-bond donors (Lipinski definition) is 1. The van der Waals surface area contributed by atoms with Gasteiger partial charge in [-0.2, -0.15) is 0 Å². The second-order valence-electron chi connectivity index (χ2n) is 4.58. The molecule has 2 heteroatoms. The lowest BCUT2D eigenvalue weighted by Crippen LogP contribution is -2.31. The summed E-state index contributed by atoms with van der Waals surface area (Å²) in [5.41, 5.74) is 3.27. The Morgan fingerprint density at radius 2 is 1.24 bits per heavy atom. The van der Waals surface area contributed by atoms with Gasteiger partial charge in [0.15, 0.2) is 0 Å². The molecule has 0 spiro atoms. The second-order valence-corrected chi connectivity index (χ2v) is 6.31. The maximum Gasteiger partial charge on any atom is 0.0576 e. The van der Waals surface area contributed by atoms with Crippen LogP contribution in [0.15, 0.2) is 60.7 Å². The van der Waals surface area contributed by atoms with Gasteiger partial charge >= 0.3 is 0 Å². The molecule has 0 heterocycles. The molecule has 0 bridgehead atoms. The summed E-state index contributed by atoms with van der Waals surface area (Å²) in [5, 5.41) is 3.67. The zero-order valence-electron chi connectivity index (χ0n) is 10.4. The van der Waals surface area contributed by atoms with E-state index in [0.717, 1.165) is 10.2 Å². The maximum absolute atomic E-state index is 3.67. The summed E-state index contributed by atoms with van der Waals surface area (Å²) in [5.74, 6) is 0. The molecule has 88 valence electrons. The van der Waals surface area contributed by atoms with Crippen molar-refractivity contribution in [1.82, 2.24) is 5.32 Å². The summed E-state index contributed by atoms with van der Waals surface area (Å²) in [6.07, 6.45) is 0. The third-order valence-electron chi connectivity index (χ3n) is 2.77. The van der Waals surface area contributed by atoms with Gasteiger partial charge in [0.25, 0.3) is 0 Å². The highest BCUT2D eigenvalue weighted by Crippen LogP contribution is 2.21. The first kappa shape index (κ1) is 12.1. The van der Waals surface area contributed by atoms with Crippen LogP contribution in [0.4, 0.5) is 0 Å². The molecule has 0 aliphatic carbocycles. The van der Waals surface area contributed by atoms with Crippen LogP contribution < -0.4 is 5.32 Å². The van der Waals surface area contributed by atoms with Crippen molar-refractivity contribution < 1.29 is 0 Å². The Morgan fingerprint density at radius 1 is 0.824 bits per heavy atom. The fourth-order valence-electron chi connectivity index (χ4n) is 2.01. The van der Waals surface area contributed by atoms with Gasteiger partial charge in [-0.25, -0.2) is 0 Å². The first-order valence-corrected chi connectivity index (χ1v) is 7.29. The molecule has 1 atom stereocenters. The van der Waals surface area contributed by atoms with E-state index in [4.69, 9.17) is 0 Å². The summed E-state index contributed by atoms with van der Waals surface area (Å²) in [7, 11) is 1.16. The van der Waals surface area contributed by atoms with E-state index in [9.17, 15) is 0 Å². The van der Waals surface area contributed by atoms with E-state index in [-0.39, 0.29) is 0 Å². The number of rotatable bonds is 4. The van der Waals surface area contributed by atoms with Crippen LogP contribution in [-0.2, 0) is 0 Å². The molecule has 0 fully saturated rings. The number of nitrogens with one attached hydrogen (secondary N) is 1. The predicted molar refractivity (Wildman–Crippen MR) is 77.3 cm³/mol. The number of hydrogen-bond acceptors (Lipinski definition) is 1. The quantitative estimate of drug-likeness (QED) is 0.808. The van der Waals surface area contributed by atoms with Gasteiger partial charge in [-0.3, -0.25) is 0 Å². The van der Waals surface area contributed by atoms with Crippen molar-refractivity contribution in [1.29, 1.82) is 0 Å². The van der Waals surface area contributed by atoms with Gasteiger partial charge in [-0.05, 0) is 16.8 Å². The molecule has 1 nitrogen and oxygen atoms in total. The lowest BCUT2D eigenvalue weighted by molar-refractivity contribution is 0.596. The first-order valence-electron chi connectivity index (χ1n) is 6.13. The summed E-state index contributed by atoms with van der Waals surface area (Å²) in [4.78, 5) is 0. The smallest absolute Gasteiger partial charge is 0.0576 e. The van der Waals surface area contributed by atoms with Crippen LogP contribution in [-0.4, -0.2) is 15.9 Å². The van der Waals surface area contributed by atoms with Crippen LogP contribution in [0, 0.1) is 0 Å². The first-order chi connectivity index (χ1) is 8.27. The van der Waals surface area contributed by atoms with Crippen LogP contribution in [0.2, 0.25) is 0 Å². The van der Waals surface area contributed by atoms with Crippen LogP contribution >= 0.6 is 0 Å². The molecule has 0 saturated carbocycles. The largest absolute Gasteiger partial charge is 0.307 e. The van der Waals surface area contributed by atoms with Gasteiger partial charge in [0.2, 0.25) is 0 Å². The third kappa shape index (κ3) is 3.28. The van der Waals surface area contributed by atoms with Crippen molar-refractivity contribution >= 4 is 10.2 Å². The Kier molecular flexibility index (Phi) is 4.12. The number of benzene rings is 2. The zero-order chi connectivity index (χ0) is 12.1. The zero-order valence-corrected chi connectivity index (χ0v) is 12.4. The predicted octanol–water partition coefficient (Wildman–Crippen LogP) is 2.08. The van der Waals surface area contributed by atoms with Crippen molar-refractivity contribution in [3.63, 3.8) is 0 Å². The molecular weight excluding hydrogens is 222 g/mol. The SMILES string of the molecule is CC([SiH3])NC(c1ccccc1)c1ccccc1. The van der Waals surface area contributed by atoms with Crippen molar-refractivity contribution in [2.24, 2.45) is 0 Å². The summed E-state index contributed by atoms with van der Waals surface area (Å²) in [6, 6.07) is 21.6. The Labute approximate surface area is 106 Å². The molecular formula is C15H19NSi. The highest BCUT2D eigenvalue weighted by Gasteiger charge is 2.13. The van der Waals surface area contributed by atoms with E-state index in [2.05, 4.69) is 72.9 Å². The van der Waals surface area contributed by atoms with Gasteiger partial charge in [0.05, 0.1) is 6.04 Å². The fourth-order valence-corrected chi connectivity index (χ4v) is 2.34. The summed E-state index contributed by atoms with van der Waals surface area (Å²) < 4.78 is 0. The average molecular weight is 241 g/mol. The van der Waals surface area contributed by atoms with Gasteiger partial charge in [0, 0.05) is 10.2 Å². The standard InChI is InChI=1S/C15H19NSi/c1-12(17)16-15(13-8-4-2-5-9-13)14-10-6-3-7-11-14/h2-12,15-16H,1,17H3. The van der Waals surface area contributed by atoms with Crippen molar-refractivity contribution in [2.45, 2.75) is 18.6 Å². The maximum atomic E-state index is 3.67. The van der Waals surface area contributed by atoms with E-state index in [1.165, 1.54) is 11.1 Å². The van der Waals surface area contributed by atoms with Crippen LogP contribution in [0.25, 0.3) is 0 Å². The molecule has 0 aliphatic rings. The Balaban J connectivity index is 2.32. The molecule has 17 heavy (non-hydrogen) atoms. The van der Waals surface area contributed by atoms with E-state index in [1.807, 2.05) is 0 Å². The minimum absolute atomic E-state index is 0.310. The second kappa shape index (κ2) is 5.80. The molecule has 2 aromatic rings. The Hall–Kier alpha value is -1.38. The molecule has 0 amide bonds. The summed E-state index contributed by atoms with van der Waals surface area (Å²) >= 11 is 0. The van der Waals surface area contributed by atoms with Crippen molar-refractivity contribution in [2.75, 3.05) is 0 Å². The topological polar surface area (TPSA) is 12.0 Å².